The van der Waals surface area contributed by atoms with Crippen LogP contribution in [0.1, 0.15) is 64.2 Å². The molecule has 0 radical (unpaired) electrons. The lowest BCUT2D eigenvalue weighted by atomic mass is 9.82. The summed E-state index contributed by atoms with van der Waals surface area (Å²) in [6.45, 7) is 0. The van der Waals surface area contributed by atoms with Crippen molar-refractivity contribution >= 4 is 10.0 Å². The van der Waals surface area contributed by atoms with Crippen LogP contribution in [-0.4, -0.2) is 19.5 Å². The molecule has 1 aromatic rings. The fourth-order valence-corrected chi connectivity index (χ4v) is 4.25. The fourth-order valence-electron chi connectivity index (χ4n) is 3.60. The largest absolute Gasteiger partial charge is 0.257 e. The maximum Gasteiger partial charge on any atom is 0.253 e. The molecule has 29 heavy (non-hydrogen) atoms. The normalized spacial score (nSPS) is 20.7. The molecule has 8 nitrogen and oxygen atoms in total. The van der Waals surface area contributed by atoms with Crippen LogP contribution in [0, 0.1) is 22.7 Å². The molecule has 0 atom stereocenters. The molecule has 0 amide bonds. The zero-order valence-corrected chi connectivity index (χ0v) is 17.4. The lowest BCUT2D eigenvalue weighted by Crippen LogP contribution is -2.31. The third kappa shape index (κ3) is 6.33. The van der Waals surface area contributed by atoms with Gasteiger partial charge in [-0.25, -0.2) is 8.42 Å². The summed E-state index contributed by atoms with van der Waals surface area (Å²) in [4.78, 5) is 1.90. The number of nitrogens with two attached hydrogens (primary N) is 1. The van der Waals surface area contributed by atoms with Gasteiger partial charge in [0.05, 0.1) is 17.0 Å². The van der Waals surface area contributed by atoms with Crippen LogP contribution in [0.5, 0.6) is 0 Å². The van der Waals surface area contributed by atoms with Crippen LogP contribution in [0.2, 0.25) is 0 Å². The summed E-state index contributed by atoms with van der Waals surface area (Å²) in [5.41, 5.74) is -1.28. The molecule has 2 aliphatic carbocycles. The number of nitriles is 2. The first kappa shape index (κ1) is 23.0. The maximum absolute atomic E-state index is 11.0. The van der Waals surface area contributed by atoms with Gasteiger partial charge in [-0.1, -0.05) is 31.0 Å². The molecule has 2 fully saturated rings. The molecule has 0 heterocycles. The molecule has 0 unspecified atom stereocenters. The van der Waals surface area contributed by atoms with Crippen molar-refractivity contribution in [1.82, 2.24) is 4.83 Å². The number of azo groups is 1. The highest BCUT2D eigenvalue weighted by Crippen LogP contribution is 2.36. The van der Waals surface area contributed by atoms with Crippen molar-refractivity contribution in [3.63, 3.8) is 0 Å². The number of nitrogens with one attached hydrogen (secondary N) is 1. The molecule has 0 saturated heterocycles. The number of hydrazine groups is 1. The molecule has 0 aliphatic heterocycles. The number of sulfonamides is 1. The van der Waals surface area contributed by atoms with Crippen LogP contribution in [0.4, 0.5) is 0 Å². The van der Waals surface area contributed by atoms with Crippen molar-refractivity contribution in [2.45, 2.75) is 80.2 Å². The van der Waals surface area contributed by atoms with E-state index < -0.39 is 21.1 Å². The van der Waals surface area contributed by atoms with Crippen molar-refractivity contribution in [2.75, 3.05) is 0 Å². The summed E-state index contributed by atoms with van der Waals surface area (Å²) >= 11 is 0. The van der Waals surface area contributed by atoms with E-state index in [-0.39, 0.29) is 4.90 Å². The minimum absolute atomic E-state index is 0.169. The second-order valence-corrected chi connectivity index (χ2v) is 9.26. The van der Waals surface area contributed by atoms with E-state index in [1.54, 1.807) is 23.0 Å². The molecule has 3 rings (SSSR count). The van der Waals surface area contributed by atoms with Gasteiger partial charge in [-0.2, -0.15) is 25.6 Å². The van der Waals surface area contributed by atoms with E-state index in [9.17, 15) is 18.9 Å². The highest BCUT2D eigenvalue weighted by atomic mass is 32.2. The molecular weight excluding hydrogens is 388 g/mol. The topological polar surface area (TPSA) is 144 Å². The van der Waals surface area contributed by atoms with Crippen molar-refractivity contribution in [2.24, 2.45) is 16.1 Å². The number of nitrogens with zero attached hydrogens (tertiary/aromatic N) is 4. The smallest absolute Gasteiger partial charge is 0.253 e. The van der Waals surface area contributed by atoms with Gasteiger partial charge in [0, 0.05) is 0 Å². The molecule has 2 aliphatic rings. The lowest BCUT2D eigenvalue weighted by molar-refractivity contribution is 0.310. The molecule has 2 saturated carbocycles. The summed E-state index contributed by atoms with van der Waals surface area (Å²) in [7, 11) is -3.47. The van der Waals surface area contributed by atoms with Gasteiger partial charge in [0.15, 0.2) is 11.1 Å². The highest BCUT2D eigenvalue weighted by molar-refractivity contribution is 7.89. The average Bonchev–Trinajstić information content (AvgIpc) is 2.80. The third-order valence-corrected chi connectivity index (χ3v) is 6.62. The molecule has 1 aromatic carbocycles. The first-order valence-corrected chi connectivity index (χ1v) is 11.4. The minimum atomic E-state index is -3.47. The number of hydrogen-bond donors (Lipinski definition) is 2. The predicted molar refractivity (Wildman–Crippen MR) is 109 cm³/mol. The van der Waals surface area contributed by atoms with E-state index in [2.05, 4.69) is 22.4 Å². The molecule has 156 valence electrons. The molecular formula is C20H28N6O2S. The Morgan fingerprint density at radius 3 is 1.59 bits per heavy atom. The Morgan fingerprint density at radius 1 is 0.828 bits per heavy atom. The van der Waals surface area contributed by atoms with Gasteiger partial charge in [0.25, 0.3) is 10.0 Å². The van der Waals surface area contributed by atoms with Crippen molar-refractivity contribution in [3.05, 3.63) is 30.3 Å². The van der Waals surface area contributed by atoms with Gasteiger partial charge in [-0.15, -0.1) is 0 Å². The number of benzene rings is 1. The lowest BCUT2D eigenvalue weighted by Gasteiger charge is -2.29. The second-order valence-electron chi connectivity index (χ2n) is 7.54. The average molecular weight is 417 g/mol. The predicted octanol–water partition coefficient (Wildman–Crippen LogP) is 3.73. The second kappa shape index (κ2) is 10.4. The van der Waals surface area contributed by atoms with Crippen molar-refractivity contribution < 1.29 is 8.42 Å². The van der Waals surface area contributed by atoms with Crippen LogP contribution in [0.15, 0.2) is 45.5 Å². The first-order chi connectivity index (χ1) is 13.9. The van der Waals surface area contributed by atoms with E-state index in [0.29, 0.717) is 0 Å². The van der Waals surface area contributed by atoms with E-state index in [1.165, 1.54) is 25.0 Å². The summed E-state index contributed by atoms with van der Waals surface area (Å²) in [5, 5.41) is 27.4. The Balaban J connectivity index is 0.000000234. The number of hydrogen-bond acceptors (Lipinski definition) is 7. The van der Waals surface area contributed by atoms with Crippen molar-refractivity contribution in [3.8, 4) is 12.1 Å². The van der Waals surface area contributed by atoms with E-state index in [1.807, 2.05) is 0 Å². The Morgan fingerprint density at radius 2 is 1.24 bits per heavy atom. The van der Waals surface area contributed by atoms with Gasteiger partial charge < -0.3 is 0 Å². The summed E-state index contributed by atoms with van der Waals surface area (Å²) < 4.78 is 21.9. The zero-order chi connectivity index (χ0) is 21.2. The Bertz CT molecular complexity index is 820. The monoisotopic (exact) mass is 416 g/mol. The molecule has 0 spiro atoms. The standard InChI is InChI=1S/C14H20N4.C6H8N2O2S/c15-11-13(7-3-1-4-8-13)17-18-14(12-16)9-5-2-6-10-14;7-8-11(9,10)6-4-2-1-3-5-6/h1-10H2;1-5,8H,7H2/b18-17+;. The fraction of sp³-hybridized carbons (Fsp3) is 0.600. The van der Waals surface area contributed by atoms with E-state index >= 15 is 0 Å². The van der Waals surface area contributed by atoms with Gasteiger partial charge in [-0.05, 0) is 63.5 Å². The van der Waals surface area contributed by atoms with E-state index in [0.717, 1.165) is 51.4 Å². The van der Waals surface area contributed by atoms with Crippen molar-refractivity contribution in [1.29, 1.82) is 10.5 Å². The quantitative estimate of drug-likeness (QED) is 0.436. The van der Waals surface area contributed by atoms with Crippen LogP contribution in [0.3, 0.4) is 0 Å². The molecule has 0 aromatic heterocycles. The highest BCUT2D eigenvalue weighted by Gasteiger charge is 2.36. The Kier molecular flexibility index (Phi) is 8.27. The van der Waals surface area contributed by atoms with Gasteiger partial charge >= 0.3 is 0 Å². The Hall–Kier alpha value is -2.33. The van der Waals surface area contributed by atoms with Crippen LogP contribution >= 0.6 is 0 Å². The first-order valence-electron chi connectivity index (χ1n) is 9.95. The van der Waals surface area contributed by atoms with Crippen LogP contribution in [0.25, 0.3) is 0 Å². The third-order valence-electron chi connectivity index (χ3n) is 5.42. The zero-order valence-electron chi connectivity index (χ0n) is 16.5. The molecule has 9 heteroatoms. The maximum atomic E-state index is 11.0. The number of rotatable bonds is 4. The van der Waals surface area contributed by atoms with Crippen LogP contribution < -0.4 is 10.7 Å². The SMILES string of the molecule is N#CC1(/N=N/C2(C#N)CCCCC2)CCCCC1.NNS(=O)(=O)c1ccccc1. The Labute approximate surface area is 172 Å². The summed E-state index contributed by atoms with van der Waals surface area (Å²) in [5.74, 6) is 4.80. The minimum Gasteiger partial charge on any atom is -0.257 e. The van der Waals surface area contributed by atoms with E-state index in [4.69, 9.17) is 5.84 Å². The van der Waals surface area contributed by atoms with Gasteiger partial charge in [0.1, 0.15) is 0 Å². The van der Waals surface area contributed by atoms with Gasteiger partial charge in [0.2, 0.25) is 0 Å². The van der Waals surface area contributed by atoms with Crippen LogP contribution in [-0.2, 0) is 10.0 Å². The molecule has 3 N–H and O–H groups in total. The summed E-state index contributed by atoms with van der Waals surface area (Å²) in [6.07, 6.45) is 9.76. The summed E-state index contributed by atoms with van der Waals surface area (Å²) in [6, 6.07) is 12.6. The van der Waals surface area contributed by atoms with Gasteiger partial charge in [-0.3, -0.25) is 5.84 Å². The molecule has 0 bridgehead atoms.